The maximum atomic E-state index is 12.1. The van der Waals surface area contributed by atoms with E-state index < -0.39 is 0 Å². The first-order chi connectivity index (χ1) is 10.1. The fourth-order valence-electron chi connectivity index (χ4n) is 2.76. The SMILES string of the molecule is Cl.NCCC1CCCN(CC(=O)Nc2cccc(Cl)c2Cl)C1. The van der Waals surface area contributed by atoms with E-state index in [4.69, 9.17) is 28.9 Å². The van der Waals surface area contributed by atoms with E-state index in [1.165, 1.54) is 6.42 Å². The van der Waals surface area contributed by atoms with Gasteiger partial charge in [0.2, 0.25) is 5.91 Å². The molecule has 3 N–H and O–H groups in total. The van der Waals surface area contributed by atoms with Crippen LogP contribution in [0.4, 0.5) is 5.69 Å². The summed E-state index contributed by atoms with van der Waals surface area (Å²) in [5.41, 5.74) is 6.17. The van der Waals surface area contributed by atoms with E-state index in [1.54, 1.807) is 18.2 Å². The number of halogens is 3. The van der Waals surface area contributed by atoms with Crippen LogP contribution in [0, 0.1) is 5.92 Å². The lowest BCUT2D eigenvalue weighted by atomic mass is 9.95. The van der Waals surface area contributed by atoms with Crippen LogP contribution < -0.4 is 11.1 Å². The van der Waals surface area contributed by atoms with Crippen molar-refractivity contribution in [2.24, 2.45) is 11.7 Å². The summed E-state index contributed by atoms with van der Waals surface area (Å²) in [6.45, 7) is 2.98. The van der Waals surface area contributed by atoms with E-state index in [1.807, 2.05) is 0 Å². The van der Waals surface area contributed by atoms with Crippen molar-refractivity contribution in [3.8, 4) is 0 Å². The van der Waals surface area contributed by atoms with Gasteiger partial charge < -0.3 is 11.1 Å². The first-order valence-corrected chi connectivity index (χ1v) is 8.02. The number of nitrogens with zero attached hydrogens (tertiary/aromatic N) is 1. The number of carbonyl (C=O) groups excluding carboxylic acids is 1. The van der Waals surface area contributed by atoms with E-state index in [9.17, 15) is 4.79 Å². The zero-order valence-corrected chi connectivity index (χ0v) is 14.7. The van der Waals surface area contributed by atoms with E-state index in [2.05, 4.69) is 10.2 Å². The number of nitrogens with one attached hydrogen (secondary N) is 1. The molecule has 1 aromatic rings. The number of hydrogen-bond donors (Lipinski definition) is 2. The van der Waals surface area contributed by atoms with E-state index in [-0.39, 0.29) is 18.3 Å². The van der Waals surface area contributed by atoms with Crippen molar-refractivity contribution in [1.29, 1.82) is 0 Å². The van der Waals surface area contributed by atoms with Crippen LogP contribution in [-0.4, -0.2) is 37.0 Å². The Kier molecular flexibility index (Phi) is 8.50. The molecule has 4 nitrogen and oxygen atoms in total. The average molecular weight is 367 g/mol. The fourth-order valence-corrected chi connectivity index (χ4v) is 3.11. The molecule has 0 radical (unpaired) electrons. The Hall–Kier alpha value is -0.520. The quantitative estimate of drug-likeness (QED) is 0.839. The lowest BCUT2D eigenvalue weighted by molar-refractivity contribution is -0.117. The molecule has 0 aliphatic carbocycles. The summed E-state index contributed by atoms with van der Waals surface area (Å²) >= 11 is 12.0. The van der Waals surface area contributed by atoms with Gasteiger partial charge in [-0.1, -0.05) is 29.3 Å². The smallest absolute Gasteiger partial charge is 0.238 e. The zero-order valence-electron chi connectivity index (χ0n) is 12.4. The van der Waals surface area contributed by atoms with Gasteiger partial charge in [-0.05, 0) is 50.4 Å². The van der Waals surface area contributed by atoms with Gasteiger partial charge in [-0.2, -0.15) is 0 Å². The summed E-state index contributed by atoms with van der Waals surface area (Å²) in [6, 6.07) is 5.21. The van der Waals surface area contributed by atoms with Crippen LogP contribution in [0.1, 0.15) is 19.3 Å². The number of nitrogens with two attached hydrogens (primary N) is 1. The number of rotatable bonds is 5. The molecule has 22 heavy (non-hydrogen) atoms. The topological polar surface area (TPSA) is 58.4 Å². The summed E-state index contributed by atoms with van der Waals surface area (Å²) < 4.78 is 0. The zero-order chi connectivity index (χ0) is 15.2. The van der Waals surface area contributed by atoms with Gasteiger partial charge in [0.05, 0.1) is 22.3 Å². The fraction of sp³-hybridized carbons (Fsp3) is 0.533. The molecule has 1 heterocycles. The summed E-state index contributed by atoms with van der Waals surface area (Å²) in [7, 11) is 0. The number of benzene rings is 1. The van der Waals surface area contributed by atoms with Crippen molar-refractivity contribution in [1.82, 2.24) is 4.90 Å². The molecule has 0 saturated carbocycles. The van der Waals surface area contributed by atoms with Crippen molar-refractivity contribution >= 4 is 47.2 Å². The van der Waals surface area contributed by atoms with Gasteiger partial charge in [-0.15, -0.1) is 12.4 Å². The first kappa shape index (κ1) is 19.5. The third-order valence-electron chi connectivity index (χ3n) is 3.77. The lowest BCUT2D eigenvalue weighted by Gasteiger charge is -2.32. The molecule has 1 saturated heterocycles. The first-order valence-electron chi connectivity index (χ1n) is 7.26. The predicted octanol–water partition coefficient (Wildman–Crippen LogP) is 3.41. The molecule has 0 bridgehead atoms. The Morgan fingerprint density at radius 2 is 2.18 bits per heavy atom. The third-order valence-corrected chi connectivity index (χ3v) is 4.59. The second kappa shape index (κ2) is 9.58. The van der Waals surface area contributed by atoms with Gasteiger partial charge >= 0.3 is 0 Å². The van der Waals surface area contributed by atoms with Crippen LogP contribution in [0.3, 0.4) is 0 Å². The number of likely N-dealkylation sites (tertiary alicyclic amines) is 1. The molecule has 1 amide bonds. The van der Waals surface area contributed by atoms with Crippen molar-refractivity contribution in [2.45, 2.75) is 19.3 Å². The summed E-state index contributed by atoms with van der Waals surface area (Å²) in [5, 5.41) is 3.65. The highest BCUT2D eigenvalue weighted by Crippen LogP contribution is 2.29. The van der Waals surface area contributed by atoms with Gasteiger partial charge in [-0.3, -0.25) is 9.69 Å². The molecule has 0 aromatic heterocycles. The Bertz CT molecular complexity index is 497. The second-order valence-electron chi connectivity index (χ2n) is 5.47. The molecule has 7 heteroatoms. The number of piperidine rings is 1. The maximum Gasteiger partial charge on any atom is 0.238 e. The van der Waals surface area contributed by atoms with Gasteiger partial charge in [-0.25, -0.2) is 0 Å². The van der Waals surface area contributed by atoms with Crippen LogP contribution in [0.2, 0.25) is 10.0 Å². The van der Waals surface area contributed by atoms with Crippen LogP contribution in [0.15, 0.2) is 18.2 Å². The second-order valence-corrected chi connectivity index (χ2v) is 6.26. The van der Waals surface area contributed by atoms with E-state index >= 15 is 0 Å². The van der Waals surface area contributed by atoms with E-state index in [0.717, 1.165) is 25.9 Å². The normalized spacial score (nSPS) is 18.6. The predicted molar refractivity (Wildman–Crippen MR) is 95.2 cm³/mol. The molecule has 1 atom stereocenters. The molecule has 1 aliphatic rings. The Morgan fingerprint density at radius 3 is 2.91 bits per heavy atom. The minimum Gasteiger partial charge on any atom is -0.330 e. The Labute approximate surface area is 147 Å². The standard InChI is InChI=1S/C15H21Cl2N3O.ClH/c16-12-4-1-5-13(15(12)17)19-14(21)10-20-8-2-3-11(9-20)6-7-18;/h1,4-5,11H,2-3,6-10,18H2,(H,19,21);1H. The van der Waals surface area contributed by atoms with Gasteiger partial charge in [0, 0.05) is 6.54 Å². The van der Waals surface area contributed by atoms with Crippen LogP contribution >= 0.6 is 35.6 Å². The number of amides is 1. The number of hydrogen-bond acceptors (Lipinski definition) is 3. The summed E-state index contributed by atoms with van der Waals surface area (Å²) in [4.78, 5) is 14.3. The van der Waals surface area contributed by atoms with Crippen LogP contribution in [0.5, 0.6) is 0 Å². The molecular formula is C15H22Cl3N3O. The molecule has 124 valence electrons. The van der Waals surface area contributed by atoms with Crippen molar-refractivity contribution in [2.75, 3.05) is 31.5 Å². The highest BCUT2D eigenvalue weighted by Gasteiger charge is 2.21. The average Bonchev–Trinajstić information content (AvgIpc) is 2.44. The van der Waals surface area contributed by atoms with Gasteiger partial charge in [0.15, 0.2) is 0 Å². The third kappa shape index (κ3) is 5.60. The molecule has 1 unspecified atom stereocenters. The highest BCUT2D eigenvalue weighted by atomic mass is 35.5. The van der Waals surface area contributed by atoms with E-state index in [0.29, 0.717) is 34.7 Å². The molecule has 1 aromatic carbocycles. The Morgan fingerprint density at radius 1 is 1.41 bits per heavy atom. The highest BCUT2D eigenvalue weighted by molar-refractivity contribution is 6.43. The van der Waals surface area contributed by atoms with Crippen LogP contribution in [-0.2, 0) is 4.79 Å². The minimum absolute atomic E-state index is 0. The van der Waals surface area contributed by atoms with Gasteiger partial charge in [0.1, 0.15) is 0 Å². The Balaban J connectivity index is 0.00000242. The van der Waals surface area contributed by atoms with Crippen molar-refractivity contribution in [3.63, 3.8) is 0 Å². The molecule has 1 fully saturated rings. The van der Waals surface area contributed by atoms with Crippen molar-refractivity contribution < 1.29 is 4.79 Å². The minimum atomic E-state index is -0.0624. The number of anilines is 1. The monoisotopic (exact) mass is 365 g/mol. The van der Waals surface area contributed by atoms with Crippen LogP contribution in [0.25, 0.3) is 0 Å². The lowest BCUT2D eigenvalue weighted by Crippen LogP contribution is -2.41. The molecule has 1 aliphatic heterocycles. The molecule has 2 rings (SSSR count). The summed E-state index contributed by atoms with van der Waals surface area (Å²) in [5.74, 6) is 0.541. The van der Waals surface area contributed by atoms with Gasteiger partial charge in [0.25, 0.3) is 0 Å². The van der Waals surface area contributed by atoms with Crippen molar-refractivity contribution in [3.05, 3.63) is 28.2 Å². The largest absolute Gasteiger partial charge is 0.330 e. The summed E-state index contributed by atoms with van der Waals surface area (Å²) in [6.07, 6.45) is 3.35. The molecule has 0 spiro atoms. The number of carbonyl (C=O) groups is 1. The maximum absolute atomic E-state index is 12.1. The molecular weight excluding hydrogens is 345 g/mol.